The van der Waals surface area contributed by atoms with Crippen molar-refractivity contribution >= 4 is 40.4 Å². The molecule has 0 saturated carbocycles. The Bertz CT molecular complexity index is 1070. The van der Waals surface area contributed by atoms with E-state index in [1.54, 1.807) is 0 Å². The molecule has 3 aromatic rings. The number of anilines is 1. The summed E-state index contributed by atoms with van der Waals surface area (Å²) in [5, 5.41) is 0.559. The Hall–Kier alpha value is -2.69. The Balaban J connectivity index is 1.51. The van der Waals surface area contributed by atoms with Crippen molar-refractivity contribution in [2.24, 2.45) is 0 Å². The number of hydrogen-bond donors (Lipinski definition) is 0. The molecule has 30 heavy (non-hydrogen) atoms. The van der Waals surface area contributed by atoms with Crippen LogP contribution in [0.25, 0.3) is 5.57 Å². The van der Waals surface area contributed by atoms with Crippen molar-refractivity contribution in [3.05, 3.63) is 93.4 Å². The van der Waals surface area contributed by atoms with Crippen LogP contribution < -0.4 is 4.90 Å². The molecule has 0 amide bonds. The quantitative estimate of drug-likeness (QED) is 0.466. The number of rotatable bonds is 5. The van der Waals surface area contributed by atoms with Crippen molar-refractivity contribution in [2.45, 2.75) is 19.8 Å². The molecular formula is C24H21Cl2N3O. The summed E-state index contributed by atoms with van der Waals surface area (Å²) in [4.78, 5) is 23.4. The first-order valence-corrected chi connectivity index (χ1v) is 10.5. The van der Waals surface area contributed by atoms with Crippen LogP contribution in [0.15, 0.2) is 66.6 Å². The summed E-state index contributed by atoms with van der Waals surface area (Å²) >= 11 is 12.2. The van der Waals surface area contributed by atoms with Gasteiger partial charge in [0.1, 0.15) is 5.82 Å². The van der Waals surface area contributed by atoms with E-state index in [2.05, 4.69) is 33.9 Å². The fraction of sp³-hybridized carbons (Fsp3) is 0.208. The Morgan fingerprint density at radius 1 is 1.07 bits per heavy atom. The SMILES string of the molecule is CC1=C(c2ccc(CC(=O)c3c(Cl)cncc3Cl)cc2)CN(c2ccccn2)CC1. The third-order valence-electron chi connectivity index (χ3n) is 5.39. The van der Waals surface area contributed by atoms with Gasteiger partial charge in [-0.05, 0) is 42.2 Å². The minimum atomic E-state index is -0.116. The van der Waals surface area contributed by atoms with Gasteiger partial charge in [0, 0.05) is 38.1 Å². The monoisotopic (exact) mass is 437 g/mol. The van der Waals surface area contributed by atoms with Crippen molar-refractivity contribution in [1.82, 2.24) is 9.97 Å². The Morgan fingerprint density at radius 2 is 1.80 bits per heavy atom. The van der Waals surface area contributed by atoms with Crippen LogP contribution in [-0.2, 0) is 6.42 Å². The first-order chi connectivity index (χ1) is 14.5. The van der Waals surface area contributed by atoms with Crippen molar-refractivity contribution in [3.63, 3.8) is 0 Å². The standard InChI is InChI=1S/C24H21Cl2N3O/c1-16-9-11-29(23-4-2-3-10-28-23)15-19(16)18-7-5-17(6-8-18)12-22(30)24-20(25)13-27-14-21(24)26/h2-8,10,13-14H,9,11-12,15H2,1H3. The maximum absolute atomic E-state index is 12.7. The molecular weight excluding hydrogens is 417 g/mol. The van der Waals surface area contributed by atoms with Gasteiger partial charge in [-0.25, -0.2) is 4.98 Å². The summed E-state index contributed by atoms with van der Waals surface area (Å²) in [5.41, 5.74) is 5.12. The fourth-order valence-electron chi connectivity index (χ4n) is 3.71. The van der Waals surface area contributed by atoms with Gasteiger partial charge in [-0.15, -0.1) is 0 Å². The number of hydrogen-bond acceptors (Lipinski definition) is 4. The highest BCUT2D eigenvalue weighted by Crippen LogP contribution is 2.29. The molecule has 1 aliphatic rings. The molecule has 0 spiro atoms. The smallest absolute Gasteiger partial charge is 0.170 e. The molecule has 4 nitrogen and oxygen atoms in total. The zero-order valence-corrected chi connectivity index (χ0v) is 18.1. The number of ketones is 1. The zero-order chi connectivity index (χ0) is 21.1. The number of halogens is 2. The number of pyridine rings is 2. The van der Waals surface area contributed by atoms with Gasteiger partial charge in [-0.1, -0.05) is 59.1 Å². The van der Waals surface area contributed by atoms with Crippen molar-refractivity contribution in [1.29, 1.82) is 0 Å². The average molecular weight is 438 g/mol. The molecule has 0 saturated heterocycles. The minimum Gasteiger partial charge on any atom is -0.352 e. The molecule has 0 aliphatic carbocycles. The summed E-state index contributed by atoms with van der Waals surface area (Å²) in [6.45, 7) is 3.98. The second-order valence-electron chi connectivity index (χ2n) is 7.39. The molecule has 0 N–H and O–H groups in total. The van der Waals surface area contributed by atoms with Crippen LogP contribution >= 0.6 is 23.2 Å². The first-order valence-electron chi connectivity index (χ1n) is 9.79. The third-order valence-corrected chi connectivity index (χ3v) is 5.97. The second kappa shape index (κ2) is 8.99. The van der Waals surface area contributed by atoms with Gasteiger partial charge in [0.05, 0.1) is 15.6 Å². The van der Waals surface area contributed by atoms with E-state index in [9.17, 15) is 4.79 Å². The Morgan fingerprint density at radius 3 is 2.47 bits per heavy atom. The molecule has 1 aromatic carbocycles. The van der Waals surface area contributed by atoms with E-state index in [4.69, 9.17) is 23.2 Å². The summed E-state index contributed by atoms with van der Waals surface area (Å²) < 4.78 is 0. The number of carbonyl (C=O) groups is 1. The lowest BCUT2D eigenvalue weighted by atomic mass is 9.93. The Kier molecular flexibility index (Phi) is 6.16. The van der Waals surface area contributed by atoms with Crippen LogP contribution in [0.2, 0.25) is 10.0 Å². The normalized spacial score (nSPS) is 14.2. The molecule has 4 rings (SSSR count). The van der Waals surface area contributed by atoms with Crippen LogP contribution in [0.5, 0.6) is 0 Å². The first kappa shape index (κ1) is 20.6. The summed E-state index contributed by atoms with van der Waals surface area (Å²) in [6, 6.07) is 14.1. The molecule has 2 aromatic heterocycles. The maximum Gasteiger partial charge on any atom is 0.170 e. The van der Waals surface area contributed by atoms with Gasteiger partial charge < -0.3 is 4.90 Å². The lowest BCUT2D eigenvalue weighted by Crippen LogP contribution is -2.31. The lowest BCUT2D eigenvalue weighted by molar-refractivity contribution is 0.0993. The van der Waals surface area contributed by atoms with E-state index >= 15 is 0 Å². The van der Waals surface area contributed by atoms with Gasteiger partial charge in [0.25, 0.3) is 0 Å². The number of benzene rings is 1. The molecule has 6 heteroatoms. The number of nitrogens with zero attached hydrogens (tertiary/aromatic N) is 3. The number of aromatic nitrogens is 2. The number of Topliss-reactive ketones (excluding diaryl/α,β-unsaturated/α-hetero) is 1. The summed E-state index contributed by atoms with van der Waals surface area (Å²) in [6.07, 6.45) is 5.95. The molecule has 0 bridgehead atoms. The van der Waals surface area contributed by atoms with E-state index < -0.39 is 0 Å². The predicted octanol–water partition coefficient (Wildman–Crippen LogP) is 5.89. The fourth-order valence-corrected chi connectivity index (χ4v) is 4.28. The predicted molar refractivity (Wildman–Crippen MR) is 122 cm³/mol. The van der Waals surface area contributed by atoms with E-state index in [0.717, 1.165) is 30.9 Å². The highest BCUT2D eigenvalue weighted by molar-refractivity contribution is 6.39. The molecule has 1 aliphatic heterocycles. The summed E-state index contributed by atoms with van der Waals surface area (Å²) in [7, 11) is 0. The van der Waals surface area contributed by atoms with E-state index in [0.29, 0.717) is 5.56 Å². The topological polar surface area (TPSA) is 46.1 Å². The van der Waals surface area contributed by atoms with Crippen LogP contribution in [-0.4, -0.2) is 28.8 Å². The van der Waals surface area contributed by atoms with E-state index in [-0.39, 0.29) is 22.2 Å². The zero-order valence-electron chi connectivity index (χ0n) is 16.6. The van der Waals surface area contributed by atoms with Gasteiger partial charge >= 0.3 is 0 Å². The van der Waals surface area contributed by atoms with E-state index in [1.807, 2.05) is 36.5 Å². The van der Waals surface area contributed by atoms with Crippen molar-refractivity contribution in [3.8, 4) is 0 Å². The summed E-state index contributed by atoms with van der Waals surface area (Å²) in [5.74, 6) is 0.880. The van der Waals surface area contributed by atoms with Gasteiger partial charge in [-0.3, -0.25) is 9.78 Å². The molecule has 0 fully saturated rings. The Labute approximate surface area is 186 Å². The van der Waals surface area contributed by atoms with E-state index in [1.165, 1.54) is 29.1 Å². The van der Waals surface area contributed by atoms with Crippen molar-refractivity contribution in [2.75, 3.05) is 18.0 Å². The largest absolute Gasteiger partial charge is 0.352 e. The van der Waals surface area contributed by atoms with Crippen LogP contribution in [0, 0.1) is 0 Å². The van der Waals surface area contributed by atoms with Gasteiger partial charge in [-0.2, -0.15) is 0 Å². The minimum absolute atomic E-state index is 0.116. The number of carbonyl (C=O) groups excluding carboxylic acids is 1. The van der Waals surface area contributed by atoms with Crippen LogP contribution in [0.3, 0.4) is 0 Å². The van der Waals surface area contributed by atoms with Crippen molar-refractivity contribution < 1.29 is 4.79 Å². The van der Waals surface area contributed by atoms with Gasteiger partial charge in [0.2, 0.25) is 0 Å². The second-order valence-corrected chi connectivity index (χ2v) is 8.21. The molecule has 0 atom stereocenters. The molecule has 0 unspecified atom stereocenters. The third kappa shape index (κ3) is 4.40. The lowest BCUT2D eigenvalue weighted by Gasteiger charge is -2.31. The highest BCUT2D eigenvalue weighted by atomic mass is 35.5. The maximum atomic E-state index is 12.7. The molecule has 152 valence electrons. The van der Waals surface area contributed by atoms with Crippen LogP contribution in [0.1, 0.15) is 34.8 Å². The highest BCUT2D eigenvalue weighted by Gasteiger charge is 2.20. The van der Waals surface area contributed by atoms with Crippen LogP contribution in [0.4, 0.5) is 5.82 Å². The average Bonchev–Trinajstić information content (AvgIpc) is 2.75. The molecule has 3 heterocycles. The molecule has 0 radical (unpaired) electrons. The van der Waals surface area contributed by atoms with Gasteiger partial charge in [0.15, 0.2) is 5.78 Å².